The molecule has 1 heterocycles. The van der Waals surface area contributed by atoms with Gasteiger partial charge in [0, 0.05) is 24.8 Å². The van der Waals surface area contributed by atoms with E-state index in [0.717, 1.165) is 17.3 Å². The molecule has 0 aliphatic carbocycles. The zero-order valence-electron chi connectivity index (χ0n) is 10.5. The minimum absolute atomic E-state index is 0.0614. The predicted molar refractivity (Wildman–Crippen MR) is 71.2 cm³/mol. The molecule has 0 spiro atoms. The monoisotopic (exact) mass is 302 g/mol. The van der Waals surface area contributed by atoms with Crippen molar-refractivity contribution in [2.45, 2.75) is 25.8 Å². The highest BCUT2D eigenvalue weighted by Crippen LogP contribution is 2.13. The van der Waals surface area contributed by atoms with Crippen molar-refractivity contribution in [2.24, 2.45) is 7.05 Å². The number of ether oxygens (including phenoxy) is 1. The van der Waals surface area contributed by atoms with Crippen LogP contribution in [0.4, 0.5) is 0 Å². The summed E-state index contributed by atoms with van der Waals surface area (Å²) in [7, 11) is 3.50. The number of nitrogens with one attached hydrogen (secondary N) is 1. The quantitative estimate of drug-likeness (QED) is 0.876. The number of methoxy groups -OCH3 is 1. The van der Waals surface area contributed by atoms with E-state index in [-0.39, 0.29) is 11.9 Å². The lowest BCUT2D eigenvalue weighted by atomic mass is 10.2. The number of hydrogen-bond acceptors (Lipinski definition) is 2. The lowest BCUT2D eigenvalue weighted by Crippen LogP contribution is -2.38. The molecule has 0 aliphatic rings. The Morgan fingerprint density at radius 1 is 1.65 bits per heavy atom. The summed E-state index contributed by atoms with van der Waals surface area (Å²) in [6, 6.07) is 1.89. The summed E-state index contributed by atoms with van der Waals surface area (Å²) < 4.78 is 7.81. The molecule has 1 rings (SSSR count). The van der Waals surface area contributed by atoms with E-state index in [4.69, 9.17) is 4.74 Å². The summed E-state index contributed by atoms with van der Waals surface area (Å²) in [6.07, 6.45) is 3.80. The summed E-state index contributed by atoms with van der Waals surface area (Å²) >= 11 is 3.35. The molecule has 0 bridgehead atoms. The number of nitrogens with zero attached hydrogens (tertiary/aromatic N) is 1. The molecule has 0 fully saturated rings. The third-order valence-corrected chi connectivity index (χ3v) is 2.98. The third kappa shape index (κ3) is 4.16. The molecular formula is C12H19BrN2O2. The summed E-state index contributed by atoms with van der Waals surface area (Å²) in [6.45, 7) is 2.64. The van der Waals surface area contributed by atoms with Crippen molar-refractivity contribution in [2.75, 3.05) is 13.7 Å². The number of amides is 1. The van der Waals surface area contributed by atoms with Crippen molar-refractivity contribution >= 4 is 21.8 Å². The van der Waals surface area contributed by atoms with Crippen LogP contribution in [0.25, 0.3) is 0 Å². The first-order valence-electron chi connectivity index (χ1n) is 5.70. The number of hydrogen-bond donors (Lipinski definition) is 1. The predicted octanol–water partition coefficient (Wildman–Crippen LogP) is 2.33. The van der Waals surface area contributed by atoms with Gasteiger partial charge in [0.05, 0.1) is 12.6 Å². The summed E-state index contributed by atoms with van der Waals surface area (Å²) in [5, 5.41) is 2.98. The van der Waals surface area contributed by atoms with Crippen LogP contribution in [0.2, 0.25) is 0 Å². The average Bonchev–Trinajstić information content (AvgIpc) is 2.58. The van der Waals surface area contributed by atoms with Crippen LogP contribution in [-0.2, 0) is 11.8 Å². The topological polar surface area (TPSA) is 43.3 Å². The molecule has 1 aromatic rings. The van der Waals surface area contributed by atoms with Gasteiger partial charge < -0.3 is 14.6 Å². The Morgan fingerprint density at radius 3 is 2.82 bits per heavy atom. The second-order valence-corrected chi connectivity index (χ2v) is 4.98. The Labute approximate surface area is 110 Å². The fourth-order valence-corrected chi connectivity index (χ4v) is 2.28. The Bertz CT molecular complexity index is 371. The number of carbonyl (C=O) groups is 1. The highest BCUT2D eigenvalue weighted by molar-refractivity contribution is 9.10. The van der Waals surface area contributed by atoms with Crippen molar-refractivity contribution in [3.8, 4) is 0 Å². The molecular weight excluding hydrogens is 284 g/mol. The van der Waals surface area contributed by atoms with E-state index < -0.39 is 0 Å². The van der Waals surface area contributed by atoms with Crippen LogP contribution in [0.15, 0.2) is 16.7 Å². The number of aromatic nitrogens is 1. The average molecular weight is 303 g/mol. The molecule has 4 nitrogen and oxygen atoms in total. The van der Waals surface area contributed by atoms with E-state index in [1.807, 2.05) is 19.3 Å². The first-order chi connectivity index (χ1) is 8.08. The molecule has 1 atom stereocenters. The van der Waals surface area contributed by atoms with E-state index in [1.165, 1.54) is 0 Å². The molecule has 1 aromatic heterocycles. The van der Waals surface area contributed by atoms with Crippen molar-refractivity contribution in [3.63, 3.8) is 0 Å². The van der Waals surface area contributed by atoms with Crippen LogP contribution in [0.3, 0.4) is 0 Å². The maximum atomic E-state index is 12.0. The van der Waals surface area contributed by atoms with E-state index in [0.29, 0.717) is 12.3 Å². The molecule has 0 radical (unpaired) electrons. The van der Waals surface area contributed by atoms with Crippen LogP contribution in [0.1, 0.15) is 30.3 Å². The van der Waals surface area contributed by atoms with Gasteiger partial charge in [0.1, 0.15) is 5.69 Å². The molecule has 17 heavy (non-hydrogen) atoms. The molecule has 1 N–H and O–H groups in total. The van der Waals surface area contributed by atoms with E-state index in [1.54, 1.807) is 11.7 Å². The number of carbonyl (C=O) groups excluding carboxylic acids is 1. The van der Waals surface area contributed by atoms with Gasteiger partial charge in [0.25, 0.3) is 5.91 Å². The molecule has 0 aliphatic heterocycles. The third-order valence-electron chi connectivity index (χ3n) is 2.54. The minimum atomic E-state index is -0.0614. The van der Waals surface area contributed by atoms with Gasteiger partial charge in [-0.05, 0) is 28.4 Å². The lowest BCUT2D eigenvalue weighted by Gasteiger charge is -2.17. The smallest absolute Gasteiger partial charge is 0.268 e. The van der Waals surface area contributed by atoms with Crippen LogP contribution >= 0.6 is 15.9 Å². The van der Waals surface area contributed by atoms with Crippen LogP contribution in [-0.4, -0.2) is 30.2 Å². The number of rotatable bonds is 6. The molecule has 0 saturated heterocycles. The van der Waals surface area contributed by atoms with Crippen molar-refractivity contribution in [3.05, 3.63) is 22.4 Å². The van der Waals surface area contributed by atoms with Gasteiger partial charge in [-0.15, -0.1) is 0 Å². The van der Waals surface area contributed by atoms with E-state index in [9.17, 15) is 4.79 Å². The SMILES string of the molecule is CCCC(COC)NC(=O)c1cc(Br)cn1C. The van der Waals surface area contributed by atoms with Crippen molar-refractivity contribution < 1.29 is 9.53 Å². The van der Waals surface area contributed by atoms with Crippen LogP contribution in [0.5, 0.6) is 0 Å². The summed E-state index contributed by atoms with van der Waals surface area (Å²) in [5.74, 6) is -0.0614. The largest absolute Gasteiger partial charge is 0.383 e. The zero-order valence-corrected chi connectivity index (χ0v) is 12.1. The first kappa shape index (κ1) is 14.3. The van der Waals surface area contributed by atoms with Gasteiger partial charge in [-0.2, -0.15) is 0 Å². The molecule has 0 saturated carbocycles. The van der Waals surface area contributed by atoms with E-state index in [2.05, 4.69) is 28.2 Å². The van der Waals surface area contributed by atoms with Crippen LogP contribution in [0, 0.1) is 0 Å². The maximum absolute atomic E-state index is 12.0. The van der Waals surface area contributed by atoms with Crippen molar-refractivity contribution in [1.29, 1.82) is 0 Å². The number of aryl methyl sites for hydroxylation is 1. The molecule has 0 aromatic carbocycles. The fraction of sp³-hybridized carbons (Fsp3) is 0.583. The highest BCUT2D eigenvalue weighted by atomic mass is 79.9. The summed E-state index contributed by atoms with van der Waals surface area (Å²) in [5.41, 5.74) is 0.647. The second kappa shape index (κ2) is 6.81. The van der Waals surface area contributed by atoms with Gasteiger partial charge in [-0.25, -0.2) is 0 Å². The van der Waals surface area contributed by atoms with E-state index >= 15 is 0 Å². The van der Waals surface area contributed by atoms with Gasteiger partial charge in [-0.1, -0.05) is 13.3 Å². The fourth-order valence-electron chi connectivity index (χ4n) is 1.76. The molecule has 1 amide bonds. The Kier molecular flexibility index (Phi) is 5.71. The minimum Gasteiger partial charge on any atom is -0.383 e. The van der Waals surface area contributed by atoms with Crippen molar-refractivity contribution in [1.82, 2.24) is 9.88 Å². The Balaban J connectivity index is 2.66. The Morgan fingerprint density at radius 2 is 2.35 bits per heavy atom. The van der Waals surface area contributed by atoms with Gasteiger partial charge in [0.2, 0.25) is 0 Å². The Hall–Kier alpha value is -0.810. The molecule has 96 valence electrons. The first-order valence-corrected chi connectivity index (χ1v) is 6.49. The second-order valence-electron chi connectivity index (χ2n) is 4.07. The highest BCUT2D eigenvalue weighted by Gasteiger charge is 2.15. The standard InChI is InChI=1S/C12H19BrN2O2/c1-4-5-10(8-17-3)14-12(16)11-6-9(13)7-15(11)2/h6-7,10H,4-5,8H2,1-3H3,(H,14,16). The van der Waals surface area contributed by atoms with Gasteiger partial charge >= 0.3 is 0 Å². The normalized spacial score (nSPS) is 12.5. The zero-order chi connectivity index (χ0) is 12.8. The summed E-state index contributed by atoms with van der Waals surface area (Å²) in [4.78, 5) is 12.0. The number of halogens is 1. The van der Waals surface area contributed by atoms with Gasteiger partial charge in [0.15, 0.2) is 0 Å². The lowest BCUT2D eigenvalue weighted by molar-refractivity contribution is 0.0883. The molecule has 1 unspecified atom stereocenters. The molecule has 5 heteroatoms. The van der Waals surface area contributed by atoms with Crippen LogP contribution < -0.4 is 5.32 Å². The van der Waals surface area contributed by atoms with Gasteiger partial charge in [-0.3, -0.25) is 4.79 Å². The maximum Gasteiger partial charge on any atom is 0.268 e.